The fourth-order valence-corrected chi connectivity index (χ4v) is 2.07. The van der Waals surface area contributed by atoms with Crippen molar-refractivity contribution >= 4 is 5.84 Å². The van der Waals surface area contributed by atoms with Crippen LogP contribution in [0.2, 0.25) is 0 Å². The van der Waals surface area contributed by atoms with E-state index in [4.69, 9.17) is 15.7 Å². The highest BCUT2D eigenvalue weighted by Gasteiger charge is 2.31. The Morgan fingerprint density at radius 1 is 1.53 bits per heavy atom. The number of hydrogen-bond donors (Lipinski definition) is 4. The standard InChI is InChI=1S/C13H19N3O3/c14-12(16-18)11-3-1-2-10(6-11)7-15-8-13(17)4-5-19-9-13/h1-3,6,15,17-18H,4-5,7-9H2,(H2,14,16). The van der Waals surface area contributed by atoms with Crippen LogP contribution in [0.1, 0.15) is 17.5 Å². The van der Waals surface area contributed by atoms with Gasteiger partial charge >= 0.3 is 0 Å². The predicted octanol–water partition coefficient (Wildman–Crippen LogP) is 0.0221. The third-order valence-electron chi connectivity index (χ3n) is 3.20. The molecule has 2 rings (SSSR count). The zero-order valence-corrected chi connectivity index (χ0v) is 10.7. The first-order chi connectivity index (χ1) is 9.13. The molecule has 0 aliphatic carbocycles. The van der Waals surface area contributed by atoms with Gasteiger partial charge in [0.1, 0.15) is 5.60 Å². The lowest BCUT2D eigenvalue weighted by Gasteiger charge is -2.20. The third-order valence-corrected chi connectivity index (χ3v) is 3.20. The summed E-state index contributed by atoms with van der Waals surface area (Å²) in [5.41, 5.74) is 6.45. The van der Waals surface area contributed by atoms with Crippen molar-refractivity contribution in [3.8, 4) is 0 Å². The largest absolute Gasteiger partial charge is 0.409 e. The van der Waals surface area contributed by atoms with Crippen molar-refractivity contribution in [3.05, 3.63) is 35.4 Å². The van der Waals surface area contributed by atoms with Crippen LogP contribution in [0.25, 0.3) is 0 Å². The molecule has 1 aliphatic rings. The Kier molecular flexibility index (Phi) is 4.36. The van der Waals surface area contributed by atoms with Crippen molar-refractivity contribution in [2.45, 2.75) is 18.6 Å². The van der Waals surface area contributed by atoms with E-state index in [1.165, 1.54) is 0 Å². The molecule has 0 saturated carbocycles. The number of nitrogens with zero attached hydrogens (tertiary/aromatic N) is 1. The Hall–Kier alpha value is -1.63. The van der Waals surface area contributed by atoms with Crippen molar-refractivity contribution < 1.29 is 15.1 Å². The molecular weight excluding hydrogens is 246 g/mol. The number of rotatable bonds is 5. The molecule has 19 heavy (non-hydrogen) atoms. The van der Waals surface area contributed by atoms with E-state index in [-0.39, 0.29) is 5.84 Å². The molecule has 1 aliphatic heterocycles. The fourth-order valence-electron chi connectivity index (χ4n) is 2.07. The second kappa shape index (κ2) is 6.01. The molecule has 1 aromatic carbocycles. The van der Waals surface area contributed by atoms with Gasteiger partial charge in [-0.1, -0.05) is 23.4 Å². The lowest BCUT2D eigenvalue weighted by molar-refractivity contribution is 0.0268. The average molecular weight is 265 g/mol. The minimum atomic E-state index is -0.761. The Labute approximate surface area is 111 Å². The lowest BCUT2D eigenvalue weighted by atomic mass is 10.0. The number of oxime groups is 1. The van der Waals surface area contributed by atoms with Crippen molar-refractivity contribution in [2.75, 3.05) is 19.8 Å². The van der Waals surface area contributed by atoms with Crippen LogP contribution < -0.4 is 11.1 Å². The van der Waals surface area contributed by atoms with Gasteiger partial charge in [-0.2, -0.15) is 0 Å². The molecule has 5 N–H and O–H groups in total. The summed E-state index contributed by atoms with van der Waals surface area (Å²) in [6, 6.07) is 7.41. The van der Waals surface area contributed by atoms with E-state index in [1.807, 2.05) is 18.2 Å². The number of amidine groups is 1. The second-order valence-electron chi connectivity index (χ2n) is 4.82. The summed E-state index contributed by atoms with van der Waals surface area (Å²) < 4.78 is 5.18. The van der Waals surface area contributed by atoms with Crippen molar-refractivity contribution in [3.63, 3.8) is 0 Å². The zero-order chi connectivity index (χ0) is 13.7. The van der Waals surface area contributed by atoms with Gasteiger partial charge in [0, 0.05) is 31.7 Å². The van der Waals surface area contributed by atoms with Crippen LogP contribution in [-0.4, -0.2) is 41.5 Å². The maximum Gasteiger partial charge on any atom is 0.170 e. The molecule has 0 bridgehead atoms. The topological polar surface area (TPSA) is 100 Å². The molecule has 1 atom stereocenters. The van der Waals surface area contributed by atoms with Gasteiger partial charge in [0.15, 0.2) is 5.84 Å². The van der Waals surface area contributed by atoms with Crippen LogP contribution in [0.15, 0.2) is 29.4 Å². The molecule has 0 radical (unpaired) electrons. The maximum atomic E-state index is 10.1. The van der Waals surface area contributed by atoms with Gasteiger partial charge in [-0.05, 0) is 11.6 Å². The highest BCUT2D eigenvalue weighted by atomic mass is 16.5. The van der Waals surface area contributed by atoms with Gasteiger partial charge in [-0.15, -0.1) is 0 Å². The molecule has 1 aromatic rings. The SMILES string of the molecule is N/C(=N/O)c1cccc(CNCC2(O)CCOC2)c1. The van der Waals surface area contributed by atoms with E-state index in [1.54, 1.807) is 6.07 Å². The summed E-state index contributed by atoms with van der Waals surface area (Å²) >= 11 is 0. The normalized spacial score (nSPS) is 23.7. The number of nitrogens with two attached hydrogens (primary N) is 1. The Morgan fingerprint density at radius 3 is 3.05 bits per heavy atom. The van der Waals surface area contributed by atoms with Crippen molar-refractivity contribution in [1.82, 2.24) is 5.32 Å². The molecular formula is C13H19N3O3. The Morgan fingerprint density at radius 2 is 2.37 bits per heavy atom. The fraction of sp³-hybridized carbons (Fsp3) is 0.462. The number of ether oxygens (including phenoxy) is 1. The van der Waals surface area contributed by atoms with Crippen LogP contribution in [0.4, 0.5) is 0 Å². The van der Waals surface area contributed by atoms with E-state index in [0.29, 0.717) is 38.3 Å². The smallest absolute Gasteiger partial charge is 0.170 e. The summed E-state index contributed by atoms with van der Waals surface area (Å²) in [6.45, 7) is 2.08. The summed E-state index contributed by atoms with van der Waals surface area (Å²) in [5.74, 6) is 0.0877. The quantitative estimate of drug-likeness (QED) is 0.260. The van der Waals surface area contributed by atoms with Crippen molar-refractivity contribution in [2.24, 2.45) is 10.9 Å². The number of benzene rings is 1. The molecule has 0 amide bonds. The number of nitrogens with one attached hydrogen (secondary N) is 1. The van der Waals surface area contributed by atoms with Crippen molar-refractivity contribution in [1.29, 1.82) is 0 Å². The first kappa shape index (κ1) is 13.8. The minimum absolute atomic E-state index is 0.0877. The number of aliphatic hydroxyl groups is 1. The first-order valence-electron chi connectivity index (χ1n) is 6.21. The molecule has 1 fully saturated rings. The molecule has 0 spiro atoms. The summed E-state index contributed by atoms with van der Waals surface area (Å²) in [5, 5.41) is 24.9. The minimum Gasteiger partial charge on any atom is -0.409 e. The highest BCUT2D eigenvalue weighted by Crippen LogP contribution is 2.17. The summed E-state index contributed by atoms with van der Waals surface area (Å²) in [7, 11) is 0. The van der Waals surface area contributed by atoms with Gasteiger partial charge in [-0.25, -0.2) is 0 Å². The molecule has 6 nitrogen and oxygen atoms in total. The van der Waals surface area contributed by atoms with E-state index in [2.05, 4.69) is 10.5 Å². The molecule has 1 saturated heterocycles. The summed E-state index contributed by atoms with van der Waals surface area (Å²) in [4.78, 5) is 0. The molecule has 104 valence electrons. The zero-order valence-electron chi connectivity index (χ0n) is 10.7. The highest BCUT2D eigenvalue weighted by molar-refractivity contribution is 5.97. The monoisotopic (exact) mass is 265 g/mol. The second-order valence-corrected chi connectivity index (χ2v) is 4.82. The molecule has 1 heterocycles. The first-order valence-corrected chi connectivity index (χ1v) is 6.21. The number of hydrogen-bond acceptors (Lipinski definition) is 5. The maximum absolute atomic E-state index is 10.1. The van der Waals surface area contributed by atoms with Gasteiger partial charge in [0.2, 0.25) is 0 Å². The van der Waals surface area contributed by atoms with Gasteiger partial charge < -0.3 is 26.1 Å². The van der Waals surface area contributed by atoms with Crippen LogP contribution in [0.5, 0.6) is 0 Å². The summed E-state index contributed by atoms with van der Waals surface area (Å²) in [6.07, 6.45) is 0.657. The van der Waals surface area contributed by atoms with Crippen LogP contribution in [0, 0.1) is 0 Å². The van der Waals surface area contributed by atoms with Crippen LogP contribution >= 0.6 is 0 Å². The average Bonchev–Trinajstić information content (AvgIpc) is 2.85. The predicted molar refractivity (Wildman–Crippen MR) is 71.0 cm³/mol. The Bertz CT molecular complexity index is 456. The van der Waals surface area contributed by atoms with Gasteiger partial charge in [0.05, 0.1) is 6.61 Å². The molecule has 0 aromatic heterocycles. The van der Waals surface area contributed by atoms with Crippen LogP contribution in [0.3, 0.4) is 0 Å². The van der Waals surface area contributed by atoms with E-state index in [0.717, 1.165) is 5.56 Å². The van der Waals surface area contributed by atoms with Gasteiger partial charge in [-0.3, -0.25) is 0 Å². The van der Waals surface area contributed by atoms with Crippen LogP contribution in [-0.2, 0) is 11.3 Å². The van der Waals surface area contributed by atoms with E-state index >= 15 is 0 Å². The lowest BCUT2D eigenvalue weighted by Crippen LogP contribution is -2.40. The molecule has 1 unspecified atom stereocenters. The Balaban J connectivity index is 1.89. The third kappa shape index (κ3) is 3.66. The van der Waals surface area contributed by atoms with Gasteiger partial charge in [0.25, 0.3) is 0 Å². The van der Waals surface area contributed by atoms with E-state index < -0.39 is 5.60 Å². The van der Waals surface area contributed by atoms with E-state index in [9.17, 15) is 5.11 Å². The molecule has 6 heteroatoms.